The summed E-state index contributed by atoms with van der Waals surface area (Å²) in [5.74, 6) is -2.59. The van der Waals surface area contributed by atoms with E-state index >= 15 is 0 Å². The van der Waals surface area contributed by atoms with Crippen molar-refractivity contribution in [1.82, 2.24) is 19.4 Å². The number of rotatable bonds is 20. The van der Waals surface area contributed by atoms with Crippen LogP contribution in [0.15, 0.2) is 116 Å². The monoisotopic (exact) mass is 1040 g/mol. The zero-order valence-corrected chi connectivity index (χ0v) is 45.8. The van der Waals surface area contributed by atoms with E-state index in [4.69, 9.17) is 4.18 Å². The number of amides is 1. The fourth-order valence-electron chi connectivity index (χ4n) is 5.76. The number of nitrogens with zero attached hydrogens (tertiary/aromatic N) is 6. The summed E-state index contributed by atoms with van der Waals surface area (Å²) in [5, 5.41) is 54.0. The summed E-state index contributed by atoms with van der Waals surface area (Å²) in [4.78, 5) is 23.0. The van der Waals surface area contributed by atoms with Gasteiger partial charge >= 0.3 is 94.8 Å². The number of aromatic nitrogens is 3. The number of hydrogen-bond donors (Lipinski definition) is 4. The zero-order chi connectivity index (χ0) is 46.9. The SMILES string of the molecule is C[N+](C)(C)c1ccc(Nc2nc(F)nc(Nc3ccc4c(O)c(N=Nc5ccc(C(=O)Nc6cccc(S(=O)(=O)CCOSOO[O-])c6)cc5)c(SOO[O-])cc4c3S(=O)(=O)[O-])n2)cc1.[Na+].[Na+].[Na+]. The first kappa shape index (κ1) is 59.3. The Bertz CT molecular complexity index is 2970. The number of anilines is 5. The normalized spacial score (nSPS) is 11.6. The van der Waals surface area contributed by atoms with E-state index in [0.29, 0.717) is 10.2 Å². The van der Waals surface area contributed by atoms with Gasteiger partial charge in [-0.1, -0.05) is 6.07 Å². The number of carbonyl (C=O) groups is 1. The van der Waals surface area contributed by atoms with Crippen LogP contribution in [-0.4, -0.2) is 80.9 Å². The second kappa shape index (κ2) is 26.5. The Kier molecular flexibility index (Phi) is 23.1. The maximum Gasteiger partial charge on any atom is 1.00 e. The van der Waals surface area contributed by atoms with Crippen LogP contribution in [0, 0.1) is 6.08 Å². The summed E-state index contributed by atoms with van der Waals surface area (Å²) in [6, 6.07) is 21.3. The Labute approximate surface area is 462 Å². The molecule has 1 amide bonds. The number of quaternary nitrogens is 1. The van der Waals surface area contributed by atoms with Crippen molar-refractivity contribution in [1.29, 1.82) is 0 Å². The minimum absolute atomic E-state index is 0. The molecule has 0 bridgehead atoms. The summed E-state index contributed by atoms with van der Waals surface area (Å²) in [7, 11) is -3.36. The van der Waals surface area contributed by atoms with Crippen molar-refractivity contribution in [3.8, 4) is 5.75 Å². The number of sulfone groups is 1. The number of phenols is 1. The Morgan fingerprint density at radius 2 is 1.47 bits per heavy atom. The summed E-state index contributed by atoms with van der Waals surface area (Å²) >= 11 is 0.351. The minimum Gasteiger partial charge on any atom is -0.744 e. The largest absolute Gasteiger partial charge is 1.00 e. The number of phenolic OH excluding ortho intramolecular Hbond substituents is 1. The molecule has 68 heavy (non-hydrogen) atoms. The number of hydrogen-bond acceptors (Lipinski definition) is 23. The van der Waals surface area contributed by atoms with Crippen molar-refractivity contribution in [2.75, 3.05) is 49.5 Å². The Hall–Kier alpha value is -2.99. The van der Waals surface area contributed by atoms with Crippen LogP contribution >= 0.6 is 24.4 Å². The van der Waals surface area contributed by atoms with Crippen LogP contribution in [0.3, 0.4) is 0 Å². The molecule has 5 aromatic carbocycles. The zero-order valence-electron chi connectivity index (χ0n) is 36.5. The summed E-state index contributed by atoms with van der Waals surface area (Å²) in [6.45, 7) is -0.340. The molecule has 0 saturated heterocycles. The third-order valence-corrected chi connectivity index (χ3v) is 12.3. The number of nitrogens with one attached hydrogen (secondary N) is 3. The topological polar surface area (TPSA) is 320 Å². The average molecular weight is 1040 g/mol. The van der Waals surface area contributed by atoms with Crippen molar-refractivity contribution in [3.05, 3.63) is 103 Å². The van der Waals surface area contributed by atoms with Crippen molar-refractivity contribution < 1.29 is 158 Å². The van der Waals surface area contributed by atoms with Crippen LogP contribution in [0.4, 0.5) is 50.4 Å². The molecule has 0 fully saturated rings. The van der Waals surface area contributed by atoms with Gasteiger partial charge in [0.1, 0.15) is 21.5 Å². The summed E-state index contributed by atoms with van der Waals surface area (Å²) in [5.41, 5.74) is 1.05. The van der Waals surface area contributed by atoms with Gasteiger partial charge in [-0.2, -0.15) is 28.8 Å². The van der Waals surface area contributed by atoms with E-state index in [-0.39, 0.29) is 163 Å². The van der Waals surface area contributed by atoms with Crippen molar-refractivity contribution in [3.63, 3.8) is 0 Å². The van der Waals surface area contributed by atoms with Crippen molar-refractivity contribution in [2.45, 2.75) is 14.7 Å². The molecule has 0 aliphatic carbocycles. The number of azo groups is 1. The molecule has 4 N–H and O–H groups in total. The maximum absolute atomic E-state index is 14.7. The smallest absolute Gasteiger partial charge is 0.744 e. The molecule has 0 radical (unpaired) electrons. The van der Waals surface area contributed by atoms with Crippen LogP contribution in [0.5, 0.6) is 5.75 Å². The Morgan fingerprint density at radius 1 is 0.809 bits per heavy atom. The Morgan fingerprint density at radius 3 is 2.10 bits per heavy atom. The van der Waals surface area contributed by atoms with Gasteiger partial charge in [0.2, 0.25) is 11.9 Å². The molecule has 0 spiro atoms. The molecule has 0 atom stereocenters. The first-order valence-electron chi connectivity index (χ1n) is 18.1. The molecule has 23 nitrogen and oxygen atoms in total. The molecule has 342 valence electrons. The van der Waals surface area contributed by atoms with Crippen LogP contribution < -0.4 is 120 Å². The number of aromatic hydroxyl groups is 1. The second-order valence-electron chi connectivity index (χ2n) is 13.9. The molecule has 0 unspecified atom stereocenters. The van der Waals surface area contributed by atoms with Crippen LogP contribution in [0.1, 0.15) is 10.4 Å². The van der Waals surface area contributed by atoms with Gasteiger partial charge in [-0.25, -0.2) is 16.8 Å². The minimum atomic E-state index is -5.42. The predicted octanol–water partition coefficient (Wildman–Crippen LogP) is -4.06. The molecule has 1 aromatic heterocycles. The molecule has 0 aliphatic rings. The van der Waals surface area contributed by atoms with Crippen LogP contribution in [-0.2, 0) is 42.9 Å². The first-order chi connectivity index (χ1) is 30.9. The molecular weight excluding hydrogens is 1010 g/mol. The standard InChI is InChI=1S/C37H34FN9O14S4.3Na/c1-47(2,3)25-13-11-22(12-14-25)40-36-42-35(38)43-37(44-36)41-29-16-15-27-28(33(29)65(54,55)56)20-30(62-60-58-50)31(32(27)48)46-45-23-9-7-21(8-10-23)34(49)39-24-5-4-6-26(19-24)64(52,53)18-17-57-63-61-59-51;;;/h4-16,19-20H,17-18H2,1-3H3,(H6-,39,40,41,42,43,44,45,48,49,50,51,54,55,56);;;/q;3*+1/p-2. The van der Waals surface area contributed by atoms with Gasteiger partial charge in [-0.15, -0.1) is 9.45 Å². The molecular formula is C37H32FN9Na3O14S4+. The molecule has 6 aromatic rings. The fraction of sp³-hybridized carbons (Fsp3) is 0.135. The number of halogens is 1. The van der Waals surface area contributed by atoms with Gasteiger partial charge in [0.05, 0.1) is 71.6 Å². The van der Waals surface area contributed by atoms with E-state index in [1.165, 1.54) is 54.6 Å². The van der Waals surface area contributed by atoms with E-state index in [0.717, 1.165) is 17.8 Å². The van der Waals surface area contributed by atoms with E-state index in [9.17, 15) is 46.2 Å². The van der Waals surface area contributed by atoms with Gasteiger partial charge in [0.15, 0.2) is 27.9 Å². The van der Waals surface area contributed by atoms with Crippen molar-refractivity contribution >= 4 is 107 Å². The summed E-state index contributed by atoms with van der Waals surface area (Å²) in [6.07, 6.45) is -1.25. The molecule has 31 heteroatoms. The third kappa shape index (κ3) is 16.0. The van der Waals surface area contributed by atoms with E-state index in [2.05, 4.69) is 59.9 Å². The number of benzene rings is 5. The molecule has 0 saturated carbocycles. The average Bonchev–Trinajstić information content (AvgIpc) is 3.24. The van der Waals surface area contributed by atoms with Crippen LogP contribution in [0.25, 0.3) is 10.8 Å². The number of carbonyl (C=O) groups excluding carboxylic acids is 1. The van der Waals surface area contributed by atoms with Crippen LogP contribution in [0.2, 0.25) is 0 Å². The molecule has 0 aliphatic heterocycles. The third-order valence-electron chi connectivity index (χ3n) is 8.72. The Balaban J connectivity index is 0.00000408. The van der Waals surface area contributed by atoms with Gasteiger partial charge in [-0.3, -0.25) is 23.5 Å². The summed E-state index contributed by atoms with van der Waals surface area (Å²) < 4.78 is 92.1. The molecule has 6 rings (SSSR count). The fourth-order valence-corrected chi connectivity index (χ4v) is 8.52. The second-order valence-corrected chi connectivity index (χ2v) is 18.6. The van der Waals surface area contributed by atoms with Crippen molar-refractivity contribution in [2.24, 2.45) is 10.2 Å². The van der Waals surface area contributed by atoms with E-state index in [1.54, 1.807) is 12.1 Å². The maximum atomic E-state index is 14.7. The van der Waals surface area contributed by atoms with Gasteiger partial charge in [0, 0.05) is 39.8 Å². The van der Waals surface area contributed by atoms with Gasteiger partial charge in [-0.05, 0) is 72.8 Å². The first-order valence-corrected chi connectivity index (χ1v) is 22.5. The quantitative estimate of drug-likeness (QED) is 0.00826. The molecule has 1 heterocycles. The van der Waals surface area contributed by atoms with Gasteiger partial charge < -0.3 is 36.1 Å². The van der Waals surface area contributed by atoms with E-state index < -0.39 is 65.4 Å². The van der Waals surface area contributed by atoms with Gasteiger partial charge in [0.25, 0.3) is 5.91 Å². The predicted molar refractivity (Wildman–Crippen MR) is 227 cm³/mol. The number of fused-ring (bicyclic) bond motifs is 1. The van der Waals surface area contributed by atoms with E-state index in [1.807, 2.05) is 33.3 Å².